The van der Waals surface area contributed by atoms with Gasteiger partial charge in [0.15, 0.2) is 0 Å². The van der Waals surface area contributed by atoms with Crippen LogP contribution in [0, 0.1) is 12.3 Å². The number of hydrogen-bond acceptors (Lipinski definition) is 0. The molecular formula is C9H9. The maximum absolute atomic E-state index is 2.26. The van der Waals surface area contributed by atoms with E-state index in [1.54, 1.807) is 0 Å². The van der Waals surface area contributed by atoms with Gasteiger partial charge in [0.25, 0.3) is 0 Å². The van der Waals surface area contributed by atoms with Crippen LogP contribution < -0.4 is 0 Å². The van der Waals surface area contributed by atoms with Gasteiger partial charge in [-0.3, -0.25) is 0 Å². The van der Waals surface area contributed by atoms with Crippen LogP contribution in [-0.2, 0) is 0 Å². The largest absolute Gasteiger partial charge is 0.0870 e. The second-order valence-corrected chi connectivity index (χ2v) is 2.49. The third-order valence-corrected chi connectivity index (χ3v) is 1.88. The second kappa shape index (κ2) is 1.87. The summed E-state index contributed by atoms with van der Waals surface area (Å²) in [5.41, 5.74) is 1.47. The molecule has 0 amide bonds. The first kappa shape index (κ1) is 5.04. The summed E-state index contributed by atoms with van der Waals surface area (Å²) in [6.45, 7) is 0. The van der Waals surface area contributed by atoms with E-state index >= 15 is 0 Å². The van der Waals surface area contributed by atoms with Crippen LogP contribution in [0.3, 0.4) is 0 Å². The van der Waals surface area contributed by atoms with Crippen LogP contribution in [0.15, 0.2) is 36.0 Å². The molecule has 1 unspecified atom stereocenters. The van der Waals surface area contributed by atoms with E-state index in [1.165, 1.54) is 12.0 Å². The molecule has 0 aromatic carbocycles. The summed E-state index contributed by atoms with van der Waals surface area (Å²) in [6, 6.07) is 0. The fourth-order valence-corrected chi connectivity index (χ4v) is 1.16. The van der Waals surface area contributed by atoms with Crippen molar-refractivity contribution in [2.75, 3.05) is 0 Å². The summed E-state index contributed by atoms with van der Waals surface area (Å²) >= 11 is 0. The maximum atomic E-state index is 2.26. The fourth-order valence-electron chi connectivity index (χ4n) is 1.16. The molecule has 0 aromatic rings. The molecule has 0 heteroatoms. The van der Waals surface area contributed by atoms with E-state index in [0.717, 1.165) is 5.92 Å². The van der Waals surface area contributed by atoms with Crippen LogP contribution >= 0.6 is 0 Å². The van der Waals surface area contributed by atoms with E-state index in [4.69, 9.17) is 0 Å². The third kappa shape index (κ3) is 0.748. The molecule has 9 heavy (non-hydrogen) atoms. The normalized spacial score (nSPS) is 30.2. The Kier molecular flexibility index (Phi) is 1.05. The SMILES string of the molecule is [CH]1C=CC(C2C=CC2)=C1. The monoisotopic (exact) mass is 117 g/mol. The summed E-state index contributed by atoms with van der Waals surface area (Å²) in [5, 5.41) is 0. The van der Waals surface area contributed by atoms with Crippen LogP contribution in [0.1, 0.15) is 6.42 Å². The molecule has 0 N–H and O–H groups in total. The van der Waals surface area contributed by atoms with Gasteiger partial charge in [0.2, 0.25) is 0 Å². The van der Waals surface area contributed by atoms with E-state index in [9.17, 15) is 0 Å². The van der Waals surface area contributed by atoms with Gasteiger partial charge in [-0.25, -0.2) is 0 Å². The van der Waals surface area contributed by atoms with Crippen molar-refractivity contribution in [2.45, 2.75) is 6.42 Å². The Labute approximate surface area is 55.6 Å². The van der Waals surface area contributed by atoms with Crippen LogP contribution in [0.5, 0.6) is 0 Å². The minimum Gasteiger partial charge on any atom is -0.0870 e. The second-order valence-electron chi connectivity index (χ2n) is 2.49. The van der Waals surface area contributed by atoms with Gasteiger partial charge >= 0.3 is 0 Å². The molecule has 2 rings (SSSR count). The highest BCUT2D eigenvalue weighted by molar-refractivity contribution is 5.39. The highest BCUT2D eigenvalue weighted by Crippen LogP contribution is 2.28. The molecule has 0 saturated heterocycles. The summed E-state index contributed by atoms with van der Waals surface area (Å²) in [5.74, 6) is 0.736. The first-order chi connectivity index (χ1) is 4.47. The first-order valence-electron chi connectivity index (χ1n) is 3.35. The van der Waals surface area contributed by atoms with Crippen LogP contribution in [0.4, 0.5) is 0 Å². The lowest BCUT2D eigenvalue weighted by atomic mass is 9.88. The molecule has 0 aromatic heterocycles. The fraction of sp³-hybridized carbons (Fsp3) is 0.222. The quantitative estimate of drug-likeness (QED) is 0.462. The number of hydrogen-bond donors (Lipinski definition) is 0. The van der Waals surface area contributed by atoms with Crippen molar-refractivity contribution in [2.24, 2.45) is 5.92 Å². The molecule has 0 saturated carbocycles. The average Bonchev–Trinajstić information content (AvgIpc) is 2.11. The van der Waals surface area contributed by atoms with Crippen molar-refractivity contribution in [3.8, 4) is 0 Å². The zero-order chi connectivity index (χ0) is 6.10. The standard InChI is InChI=1S/C9H9/c1-2-5-8(4-1)9-6-3-7-9/h1-6,9H,7H2. The molecule has 0 spiro atoms. The Hall–Kier alpha value is -0.780. The summed E-state index contributed by atoms with van der Waals surface area (Å²) in [6.07, 6.45) is 14.3. The lowest BCUT2D eigenvalue weighted by Crippen LogP contribution is -2.03. The Morgan fingerprint density at radius 2 is 2.33 bits per heavy atom. The Bertz CT molecular complexity index is 194. The molecule has 0 bridgehead atoms. The average molecular weight is 117 g/mol. The molecular weight excluding hydrogens is 108 g/mol. The molecule has 1 radical (unpaired) electrons. The van der Waals surface area contributed by atoms with Crippen molar-refractivity contribution in [1.29, 1.82) is 0 Å². The molecule has 45 valence electrons. The van der Waals surface area contributed by atoms with E-state index in [2.05, 4.69) is 36.8 Å². The van der Waals surface area contributed by atoms with Crippen LogP contribution in [0.25, 0.3) is 0 Å². The Balaban J connectivity index is 2.13. The van der Waals surface area contributed by atoms with Crippen molar-refractivity contribution < 1.29 is 0 Å². The Morgan fingerprint density at radius 3 is 2.78 bits per heavy atom. The van der Waals surface area contributed by atoms with E-state index in [0.29, 0.717) is 0 Å². The first-order valence-corrected chi connectivity index (χ1v) is 3.35. The lowest BCUT2D eigenvalue weighted by Gasteiger charge is -2.17. The Morgan fingerprint density at radius 1 is 1.44 bits per heavy atom. The van der Waals surface area contributed by atoms with Gasteiger partial charge in [0.05, 0.1) is 0 Å². The van der Waals surface area contributed by atoms with Crippen molar-refractivity contribution in [3.63, 3.8) is 0 Å². The van der Waals surface area contributed by atoms with Gasteiger partial charge in [-0.1, -0.05) is 30.4 Å². The smallest absolute Gasteiger partial charge is 0.00537 e. The molecule has 0 aliphatic heterocycles. The third-order valence-electron chi connectivity index (χ3n) is 1.88. The van der Waals surface area contributed by atoms with Gasteiger partial charge in [-0.05, 0) is 12.0 Å². The maximum Gasteiger partial charge on any atom is 0.00537 e. The van der Waals surface area contributed by atoms with Gasteiger partial charge < -0.3 is 0 Å². The minimum absolute atomic E-state index is 0.736. The topological polar surface area (TPSA) is 0 Å². The zero-order valence-corrected chi connectivity index (χ0v) is 5.25. The summed E-state index contributed by atoms with van der Waals surface area (Å²) < 4.78 is 0. The summed E-state index contributed by atoms with van der Waals surface area (Å²) in [4.78, 5) is 0. The molecule has 0 fully saturated rings. The van der Waals surface area contributed by atoms with Crippen molar-refractivity contribution in [3.05, 3.63) is 42.4 Å². The van der Waals surface area contributed by atoms with E-state index in [-0.39, 0.29) is 0 Å². The minimum atomic E-state index is 0.736. The van der Waals surface area contributed by atoms with E-state index < -0.39 is 0 Å². The lowest BCUT2D eigenvalue weighted by molar-refractivity contribution is 0.730. The van der Waals surface area contributed by atoms with Gasteiger partial charge in [0.1, 0.15) is 0 Å². The van der Waals surface area contributed by atoms with Crippen molar-refractivity contribution in [1.82, 2.24) is 0 Å². The zero-order valence-electron chi connectivity index (χ0n) is 5.25. The predicted molar refractivity (Wildman–Crippen MR) is 38.8 cm³/mol. The molecule has 2 aliphatic carbocycles. The van der Waals surface area contributed by atoms with Gasteiger partial charge in [-0.2, -0.15) is 0 Å². The molecule has 0 heterocycles. The molecule has 2 aliphatic rings. The van der Waals surface area contributed by atoms with Crippen LogP contribution in [-0.4, -0.2) is 0 Å². The summed E-state index contributed by atoms with van der Waals surface area (Å²) in [7, 11) is 0. The highest BCUT2D eigenvalue weighted by atomic mass is 14.2. The van der Waals surface area contributed by atoms with E-state index in [1.807, 2.05) is 0 Å². The number of rotatable bonds is 1. The predicted octanol–water partition coefficient (Wildman–Crippen LogP) is 2.26. The van der Waals surface area contributed by atoms with Gasteiger partial charge in [0, 0.05) is 12.3 Å². The van der Waals surface area contributed by atoms with Gasteiger partial charge in [-0.15, -0.1) is 0 Å². The molecule has 0 nitrogen and oxygen atoms in total. The molecule has 1 atom stereocenters. The number of allylic oxidation sites excluding steroid dienone is 6. The van der Waals surface area contributed by atoms with Crippen molar-refractivity contribution >= 4 is 0 Å². The highest BCUT2D eigenvalue weighted by Gasteiger charge is 2.14. The van der Waals surface area contributed by atoms with Crippen LogP contribution in [0.2, 0.25) is 0 Å².